The van der Waals surface area contributed by atoms with Gasteiger partial charge in [-0.05, 0) is 29.2 Å². The number of amides is 1. The second-order valence-electron chi connectivity index (χ2n) is 7.79. The van der Waals surface area contributed by atoms with Crippen LogP contribution in [0.25, 0.3) is 11.0 Å². The van der Waals surface area contributed by atoms with Crippen LogP contribution in [-0.2, 0) is 17.9 Å². The molecule has 0 unspecified atom stereocenters. The highest BCUT2D eigenvalue weighted by atomic mass is 16.2. The number of fused-ring (bicyclic) bond motifs is 1. The van der Waals surface area contributed by atoms with E-state index < -0.39 is 0 Å². The molecule has 0 N–H and O–H groups in total. The van der Waals surface area contributed by atoms with E-state index in [2.05, 4.69) is 53.3 Å². The third kappa shape index (κ3) is 4.07. The Bertz CT molecular complexity index is 939. The van der Waals surface area contributed by atoms with E-state index in [1.165, 1.54) is 11.1 Å². The maximum atomic E-state index is 12.7. The molecule has 2 heterocycles. The molecule has 28 heavy (non-hydrogen) atoms. The molecule has 0 bridgehead atoms. The highest BCUT2D eigenvalue weighted by molar-refractivity contribution is 5.79. The van der Waals surface area contributed by atoms with Crippen LogP contribution in [0, 0.1) is 0 Å². The Kier molecular flexibility index (Phi) is 5.39. The van der Waals surface area contributed by atoms with E-state index in [9.17, 15) is 4.79 Å². The molecular formula is C22H27N5O. The molecule has 1 saturated heterocycles. The first-order valence-electron chi connectivity index (χ1n) is 9.97. The predicted molar refractivity (Wildman–Crippen MR) is 110 cm³/mol. The van der Waals surface area contributed by atoms with Gasteiger partial charge in [-0.1, -0.05) is 55.5 Å². The summed E-state index contributed by atoms with van der Waals surface area (Å²) in [5, 5.41) is 8.26. The van der Waals surface area contributed by atoms with Gasteiger partial charge in [0, 0.05) is 32.7 Å². The van der Waals surface area contributed by atoms with Crippen LogP contribution in [0.3, 0.4) is 0 Å². The second-order valence-corrected chi connectivity index (χ2v) is 7.79. The van der Waals surface area contributed by atoms with Gasteiger partial charge in [-0.25, -0.2) is 4.68 Å². The number of nitrogens with zero attached hydrogens (tertiary/aromatic N) is 5. The van der Waals surface area contributed by atoms with Gasteiger partial charge in [0.05, 0.1) is 5.52 Å². The van der Waals surface area contributed by atoms with E-state index in [4.69, 9.17) is 0 Å². The van der Waals surface area contributed by atoms with Gasteiger partial charge in [0.15, 0.2) is 0 Å². The van der Waals surface area contributed by atoms with Gasteiger partial charge in [-0.3, -0.25) is 9.69 Å². The Balaban J connectivity index is 1.30. The molecule has 1 aliphatic heterocycles. The molecule has 1 aliphatic rings. The van der Waals surface area contributed by atoms with Crippen molar-refractivity contribution in [1.82, 2.24) is 24.8 Å². The maximum Gasteiger partial charge on any atom is 0.244 e. The highest BCUT2D eigenvalue weighted by Gasteiger charge is 2.22. The summed E-state index contributed by atoms with van der Waals surface area (Å²) in [6, 6.07) is 16.6. The number of carbonyl (C=O) groups excluding carboxylic acids is 1. The van der Waals surface area contributed by atoms with Crippen LogP contribution < -0.4 is 0 Å². The number of hydrogen-bond donors (Lipinski definition) is 0. The summed E-state index contributed by atoms with van der Waals surface area (Å²) in [6.07, 6.45) is 0. The molecule has 2 aromatic carbocycles. The van der Waals surface area contributed by atoms with Crippen LogP contribution in [0.4, 0.5) is 0 Å². The smallest absolute Gasteiger partial charge is 0.244 e. The second kappa shape index (κ2) is 8.10. The van der Waals surface area contributed by atoms with Gasteiger partial charge in [-0.15, -0.1) is 5.10 Å². The van der Waals surface area contributed by atoms with Gasteiger partial charge in [0.25, 0.3) is 0 Å². The predicted octanol–water partition coefficient (Wildman–Crippen LogP) is 2.90. The van der Waals surface area contributed by atoms with Crippen molar-refractivity contribution in [3.05, 3.63) is 59.7 Å². The summed E-state index contributed by atoms with van der Waals surface area (Å²) < 4.78 is 1.69. The quantitative estimate of drug-likeness (QED) is 0.686. The van der Waals surface area contributed by atoms with Gasteiger partial charge < -0.3 is 4.90 Å². The normalized spacial score (nSPS) is 15.5. The Hall–Kier alpha value is -2.73. The monoisotopic (exact) mass is 377 g/mol. The average molecular weight is 377 g/mol. The van der Waals surface area contributed by atoms with E-state index in [1.807, 2.05) is 29.2 Å². The first-order valence-corrected chi connectivity index (χ1v) is 9.97. The molecule has 0 spiro atoms. The zero-order chi connectivity index (χ0) is 19.5. The van der Waals surface area contributed by atoms with Gasteiger partial charge in [-0.2, -0.15) is 0 Å². The molecule has 0 aliphatic carbocycles. The number of carbonyl (C=O) groups is 1. The minimum absolute atomic E-state index is 0.108. The first kappa shape index (κ1) is 18.6. The number of hydrogen-bond acceptors (Lipinski definition) is 4. The van der Waals surface area contributed by atoms with Crippen LogP contribution >= 0.6 is 0 Å². The van der Waals surface area contributed by atoms with Crippen LogP contribution in [0.15, 0.2) is 48.5 Å². The summed E-state index contributed by atoms with van der Waals surface area (Å²) in [5.41, 5.74) is 4.43. The minimum atomic E-state index is 0.108. The summed E-state index contributed by atoms with van der Waals surface area (Å²) in [7, 11) is 0. The fourth-order valence-electron chi connectivity index (χ4n) is 3.68. The van der Waals surface area contributed by atoms with E-state index in [0.717, 1.165) is 43.8 Å². The largest absolute Gasteiger partial charge is 0.339 e. The summed E-state index contributed by atoms with van der Waals surface area (Å²) >= 11 is 0. The molecule has 1 amide bonds. The molecule has 0 radical (unpaired) electrons. The van der Waals surface area contributed by atoms with E-state index in [1.54, 1.807) is 4.68 Å². The van der Waals surface area contributed by atoms with E-state index in [-0.39, 0.29) is 12.5 Å². The number of benzene rings is 2. The highest BCUT2D eigenvalue weighted by Crippen LogP contribution is 2.16. The molecule has 1 aromatic heterocycles. The third-order valence-corrected chi connectivity index (χ3v) is 5.48. The lowest BCUT2D eigenvalue weighted by Crippen LogP contribution is -2.49. The topological polar surface area (TPSA) is 54.3 Å². The third-order valence-electron chi connectivity index (χ3n) is 5.48. The summed E-state index contributed by atoms with van der Waals surface area (Å²) in [5.74, 6) is 0.669. The Morgan fingerprint density at radius 1 is 1.00 bits per heavy atom. The van der Waals surface area contributed by atoms with Crippen LogP contribution in [0.1, 0.15) is 30.9 Å². The van der Waals surface area contributed by atoms with E-state index >= 15 is 0 Å². The number of para-hydroxylation sites is 1. The minimum Gasteiger partial charge on any atom is -0.339 e. The lowest BCUT2D eigenvalue weighted by molar-refractivity contribution is -0.133. The van der Waals surface area contributed by atoms with Gasteiger partial charge in [0.2, 0.25) is 5.91 Å². The Morgan fingerprint density at radius 2 is 1.71 bits per heavy atom. The summed E-state index contributed by atoms with van der Waals surface area (Å²) in [4.78, 5) is 17.0. The average Bonchev–Trinajstić information content (AvgIpc) is 3.12. The van der Waals surface area contributed by atoms with Gasteiger partial charge in [0.1, 0.15) is 12.1 Å². The maximum absolute atomic E-state index is 12.7. The molecule has 0 saturated carbocycles. The van der Waals surface area contributed by atoms with Crippen molar-refractivity contribution in [2.24, 2.45) is 0 Å². The van der Waals surface area contributed by atoms with E-state index in [0.29, 0.717) is 5.92 Å². The Morgan fingerprint density at radius 3 is 2.43 bits per heavy atom. The Labute approximate surface area is 165 Å². The first-order chi connectivity index (χ1) is 13.6. The standard InChI is InChI=1S/C22H27N5O/c1-17(2)19-9-7-18(8-10-19)15-25-11-13-26(14-12-25)22(28)16-27-21-6-4-3-5-20(21)23-24-27/h3-10,17H,11-16H2,1-2H3. The summed E-state index contributed by atoms with van der Waals surface area (Å²) in [6.45, 7) is 8.93. The SMILES string of the molecule is CC(C)c1ccc(CN2CCN(C(=O)Cn3nnc4ccccc43)CC2)cc1. The van der Waals surface area contributed by atoms with Crippen LogP contribution in [-0.4, -0.2) is 56.9 Å². The van der Waals surface area contributed by atoms with Crippen molar-refractivity contribution >= 4 is 16.9 Å². The zero-order valence-electron chi connectivity index (χ0n) is 16.6. The number of rotatable bonds is 5. The van der Waals surface area contributed by atoms with Crippen molar-refractivity contribution in [3.8, 4) is 0 Å². The molecule has 4 rings (SSSR count). The molecule has 1 fully saturated rings. The molecular weight excluding hydrogens is 350 g/mol. The molecule has 146 valence electrons. The van der Waals surface area contributed by atoms with Crippen LogP contribution in [0.5, 0.6) is 0 Å². The lowest BCUT2D eigenvalue weighted by atomic mass is 10.0. The van der Waals surface area contributed by atoms with Crippen molar-refractivity contribution in [3.63, 3.8) is 0 Å². The van der Waals surface area contributed by atoms with Gasteiger partial charge >= 0.3 is 0 Å². The fourth-order valence-corrected chi connectivity index (χ4v) is 3.68. The molecule has 0 atom stereocenters. The number of piperazine rings is 1. The van der Waals surface area contributed by atoms with Crippen molar-refractivity contribution in [2.75, 3.05) is 26.2 Å². The molecule has 6 heteroatoms. The molecule has 6 nitrogen and oxygen atoms in total. The van der Waals surface area contributed by atoms with Crippen LogP contribution in [0.2, 0.25) is 0 Å². The molecule has 3 aromatic rings. The number of aromatic nitrogens is 3. The van der Waals surface area contributed by atoms with Crippen molar-refractivity contribution in [2.45, 2.75) is 32.9 Å². The lowest BCUT2D eigenvalue weighted by Gasteiger charge is -2.34. The zero-order valence-corrected chi connectivity index (χ0v) is 16.6. The fraction of sp³-hybridized carbons (Fsp3) is 0.409. The van der Waals surface area contributed by atoms with Crippen molar-refractivity contribution < 1.29 is 4.79 Å². The van der Waals surface area contributed by atoms with Crippen molar-refractivity contribution in [1.29, 1.82) is 0 Å².